The molecular formula is C11H11N7O. The molecule has 0 bridgehead atoms. The molecule has 1 amide bonds. The number of aromatic amines is 1. The van der Waals surface area contributed by atoms with E-state index in [4.69, 9.17) is 0 Å². The van der Waals surface area contributed by atoms with Crippen LogP contribution < -0.4 is 5.32 Å². The molecule has 19 heavy (non-hydrogen) atoms. The quantitative estimate of drug-likeness (QED) is 0.675. The largest absolute Gasteiger partial charge is 0.351 e. The first kappa shape index (κ1) is 11.3. The van der Waals surface area contributed by atoms with Gasteiger partial charge in [0.05, 0.1) is 23.5 Å². The summed E-state index contributed by atoms with van der Waals surface area (Å²) in [6, 6.07) is 0. The smallest absolute Gasteiger partial charge is 0.255 e. The molecule has 3 aromatic rings. The third-order valence-electron chi connectivity index (χ3n) is 2.68. The molecule has 8 nitrogen and oxygen atoms in total. The second kappa shape index (κ2) is 4.84. The Morgan fingerprint density at radius 3 is 3.21 bits per heavy atom. The zero-order valence-electron chi connectivity index (χ0n) is 9.95. The van der Waals surface area contributed by atoms with Crippen LogP contribution in [0.4, 0.5) is 0 Å². The average molecular weight is 257 g/mol. The standard InChI is InChI=1S/C11H11N7O/c19-11(13-2-1-10-14-7-15-17-10)8-5-16-18-4-3-12-6-9(8)18/h3-7H,1-2H2,(H,13,19)(H,14,15,17). The highest BCUT2D eigenvalue weighted by atomic mass is 16.1. The highest BCUT2D eigenvalue weighted by Crippen LogP contribution is 2.07. The third-order valence-corrected chi connectivity index (χ3v) is 2.68. The maximum atomic E-state index is 12.0. The Morgan fingerprint density at radius 1 is 1.42 bits per heavy atom. The predicted molar refractivity (Wildman–Crippen MR) is 65.4 cm³/mol. The first-order chi connectivity index (χ1) is 9.34. The summed E-state index contributed by atoms with van der Waals surface area (Å²) in [4.78, 5) is 20.0. The van der Waals surface area contributed by atoms with E-state index in [0.717, 1.165) is 5.82 Å². The second-order valence-corrected chi connectivity index (χ2v) is 3.90. The van der Waals surface area contributed by atoms with Crippen LogP contribution in [-0.2, 0) is 6.42 Å². The highest BCUT2D eigenvalue weighted by molar-refractivity contribution is 6.00. The van der Waals surface area contributed by atoms with E-state index in [1.54, 1.807) is 23.1 Å². The lowest BCUT2D eigenvalue weighted by Gasteiger charge is -2.02. The minimum atomic E-state index is -0.178. The van der Waals surface area contributed by atoms with Crippen LogP contribution in [0.25, 0.3) is 5.52 Å². The summed E-state index contributed by atoms with van der Waals surface area (Å²) in [6.07, 6.45) is 8.49. The summed E-state index contributed by atoms with van der Waals surface area (Å²) in [7, 11) is 0. The molecule has 0 fully saturated rings. The molecule has 0 spiro atoms. The van der Waals surface area contributed by atoms with Crippen molar-refractivity contribution in [3.05, 3.63) is 42.5 Å². The molecular weight excluding hydrogens is 246 g/mol. The number of carbonyl (C=O) groups excluding carboxylic acids is 1. The molecule has 8 heteroatoms. The van der Waals surface area contributed by atoms with E-state index in [1.165, 1.54) is 12.5 Å². The van der Waals surface area contributed by atoms with Gasteiger partial charge in [-0.2, -0.15) is 10.2 Å². The van der Waals surface area contributed by atoms with Crippen molar-refractivity contribution in [3.63, 3.8) is 0 Å². The van der Waals surface area contributed by atoms with Crippen LogP contribution in [0.15, 0.2) is 31.1 Å². The van der Waals surface area contributed by atoms with E-state index in [-0.39, 0.29) is 5.91 Å². The summed E-state index contributed by atoms with van der Waals surface area (Å²) in [5.74, 6) is 0.560. The van der Waals surface area contributed by atoms with Crippen LogP contribution in [0.3, 0.4) is 0 Å². The van der Waals surface area contributed by atoms with Crippen molar-refractivity contribution in [2.24, 2.45) is 0 Å². The Hall–Kier alpha value is -2.77. The number of rotatable bonds is 4. The topological polar surface area (TPSA) is 101 Å². The number of nitrogens with one attached hydrogen (secondary N) is 2. The molecule has 0 aliphatic carbocycles. The highest BCUT2D eigenvalue weighted by Gasteiger charge is 2.12. The van der Waals surface area contributed by atoms with E-state index >= 15 is 0 Å². The second-order valence-electron chi connectivity index (χ2n) is 3.90. The Labute approximate surface area is 107 Å². The number of H-pyrrole nitrogens is 1. The van der Waals surface area contributed by atoms with Crippen molar-refractivity contribution in [3.8, 4) is 0 Å². The number of aromatic nitrogens is 6. The number of nitrogens with zero attached hydrogens (tertiary/aromatic N) is 5. The van der Waals surface area contributed by atoms with Gasteiger partial charge in [-0.05, 0) is 0 Å². The van der Waals surface area contributed by atoms with Gasteiger partial charge < -0.3 is 5.32 Å². The molecule has 0 saturated carbocycles. The van der Waals surface area contributed by atoms with Gasteiger partial charge in [-0.15, -0.1) is 0 Å². The third kappa shape index (κ3) is 2.28. The van der Waals surface area contributed by atoms with Crippen LogP contribution in [0, 0.1) is 0 Å². The van der Waals surface area contributed by atoms with Crippen molar-refractivity contribution < 1.29 is 4.79 Å². The molecule has 3 rings (SSSR count). The van der Waals surface area contributed by atoms with Gasteiger partial charge in [0.2, 0.25) is 0 Å². The molecule has 0 aliphatic heterocycles. The summed E-state index contributed by atoms with van der Waals surface area (Å²) in [5.41, 5.74) is 1.19. The van der Waals surface area contributed by atoms with Crippen molar-refractivity contribution in [1.82, 2.24) is 35.1 Å². The molecule has 96 valence electrons. The number of amides is 1. The number of fused-ring (bicyclic) bond motifs is 1. The molecule has 2 N–H and O–H groups in total. The van der Waals surface area contributed by atoms with Gasteiger partial charge in [0.25, 0.3) is 5.91 Å². The maximum Gasteiger partial charge on any atom is 0.255 e. The first-order valence-corrected chi connectivity index (χ1v) is 5.74. The fourth-order valence-electron chi connectivity index (χ4n) is 1.75. The van der Waals surface area contributed by atoms with Crippen LogP contribution >= 0.6 is 0 Å². The molecule has 3 heterocycles. The Morgan fingerprint density at radius 2 is 2.37 bits per heavy atom. The van der Waals surface area contributed by atoms with Gasteiger partial charge >= 0.3 is 0 Å². The summed E-state index contributed by atoms with van der Waals surface area (Å²) >= 11 is 0. The van der Waals surface area contributed by atoms with Crippen LogP contribution in [0.2, 0.25) is 0 Å². The Balaban J connectivity index is 1.67. The number of hydrogen-bond acceptors (Lipinski definition) is 5. The summed E-state index contributed by atoms with van der Waals surface area (Å²) in [5, 5.41) is 13.4. The summed E-state index contributed by atoms with van der Waals surface area (Å²) in [6.45, 7) is 0.478. The molecule has 0 unspecified atom stereocenters. The van der Waals surface area contributed by atoms with Gasteiger partial charge in [-0.3, -0.25) is 14.9 Å². The number of hydrogen-bond donors (Lipinski definition) is 2. The Kier molecular flexibility index (Phi) is 2.89. The van der Waals surface area contributed by atoms with E-state index in [2.05, 4.69) is 30.6 Å². The predicted octanol–water partition coefficient (Wildman–Crippen LogP) is -0.180. The van der Waals surface area contributed by atoms with Crippen molar-refractivity contribution in [2.45, 2.75) is 6.42 Å². The summed E-state index contributed by atoms with van der Waals surface area (Å²) < 4.78 is 1.61. The monoisotopic (exact) mass is 257 g/mol. The fourth-order valence-corrected chi connectivity index (χ4v) is 1.75. The van der Waals surface area contributed by atoms with Crippen LogP contribution in [-0.4, -0.2) is 42.2 Å². The first-order valence-electron chi connectivity index (χ1n) is 5.74. The van der Waals surface area contributed by atoms with Crippen LogP contribution in [0.1, 0.15) is 16.2 Å². The minimum Gasteiger partial charge on any atom is -0.351 e. The van der Waals surface area contributed by atoms with E-state index in [0.29, 0.717) is 24.0 Å². The number of carbonyl (C=O) groups is 1. The van der Waals surface area contributed by atoms with Gasteiger partial charge in [0.1, 0.15) is 12.2 Å². The molecule has 0 radical (unpaired) electrons. The van der Waals surface area contributed by atoms with Crippen molar-refractivity contribution in [2.75, 3.05) is 6.54 Å². The maximum absolute atomic E-state index is 12.0. The normalized spacial score (nSPS) is 10.7. The minimum absolute atomic E-state index is 0.178. The zero-order chi connectivity index (χ0) is 13.1. The van der Waals surface area contributed by atoms with Crippen LogP contribution in [0.5, 0.6) is 0 Å². The van der Waals surface area contributed by atoms with Gasteiger partial charge in [0, 0.05) is 25.4 Å². The lowest BCUT2D eigenvalue weighted by atomic mass is 10.2. The fraction of sp³-hybridized carbons (Fsp3) is 0.182. The lowest BCUT2D eigenvalue weighted by molar-refractivity contribution is 0.0955. The average Bonchev–Trinajstić information content (AvgIpc) is 3.07. The molecule has 0 saturated heterocycles. The zero-order valence-corrected chi connectivity index (χ0v) is 9.95. The Bertz CT molecular complexity index is 688. The van der Waals surface area contributed by atoms with Gasteiger partial charge in [-0.1, -0.05) is 0 Å². The molecule has 0 aromatic carbocycles. The van der Waals surface area contributed by atoms with E-state index in [9.17, 15) is 4.79 Å². The molecule has 3 aromatic heterocycles. The lowest BCUT2D eigenvalue weighted by Crippen LogP contribution is -2.25. The van der Waals surface area contributed by atoms with Crippen molar-refractivity contribution >= 4 is 11.4 Å². The van der Waals surface area contributed by atoms with E-state index in [1.807, 2.05) is 0 Å². The van der Waals surface area contributed by atoms with Gasteiger partial charge in [-0.25, -0.2) is 9.50 Å². The van der Waals surface area contributed by atoms with E-state index < -0.39 is 0 Å². The molecule has 0 atom stereocenters. The SMILES string of the molecule is O=C(NCCc1ncn[nH]1)c1cnn2ccncc12. The van der Waals surface area contributed by atoms with Crippen molar-refractivity contribution in [1.29, 1.82) is 0 Å². The molecule has 0 aliphatic rings. The van der Waals surface area contributed by atoms with Gasteiger partial charge in [0.15, 0.2) is 0 Å².